The van der Waals surface area contributed by atoms with E-state index < -0.39 is 0 Å². The molecule has 1 aromatic carbocycles. The maximum absolute atomic E-state index is 12.8. The van der Waals surface area contributed by atoms with Gasteiger partial charge >= 0.3 is 0 Å². The Labute approximate surface area is 157 Å². The molecule has 0 fully saturated rings. The third-order valence-electron chi connectivity index (χ3n) is 5.17. The van der Waals surface area contributed by atoms with Crippen LogP contribution < -0.4 is 5.32 Å². The summed E-state index contributed by atoms with van der Waals surface area (Å²) in [5, 5.41) is 8.15. The van der Waals surface area contributed by atoms with Crippen molar-refractivity contribution in [2.75, 3.05) is 5.32 Å². The first-order valence-electron chi connectivity index (χ1n) is 9.17. The van der Waals surface area contributed by atoms with E-state index in [1.54, 1.807) is 12.4 Å². The molecule has 2 aromatic heterocycles. The summed E-state index contributed by atoms with van der Waals surface area (Å²) in [6.07, 6.45) is 5.81. The lowest BCUT2D eigenvalue weighted by atomic mass is 9.86. The van der Waals surface area contributed by atoms with Gasteiger partial charge in [0.25, 0.3) is 0 Å². The van der Waals surface area contributed by atoms with Gasteiger partial charge in [-0.1, -0.05) is 23.8 Å². The number of allylic oxidation sites excluding steroid dienone is 2. The summed E-state index contributed by atoms with van der Waals surface area (Å²) < 4.78 is 1.84. The largest absolute Gasteiger partial charge is 0.328 e. The van der Waals surface area contributed by atoms with Crippen LogP contribution >= 0.6 is 0 Å². The number of aryl methyl sites for hydroxylation is 1. The summed E-state index contributed by atoms with van der Waals surface area (Å²) in [6.45, 7) is 2.05. The quantitative estimate of drug-likeness (QED) is 0.757. The predicted octanol–water partition coefficient (Wildman–Crippen LogP) is 3.67. The molecular weight excluding hydrogens is 338 g/mol. The van der Waals surface area contributed by atoms with E-state index in [0.29, 0.717) is 18.2 Å². The molecule has 0 bridgehead atoms. The topological polar surface area (TPSA) is 72.7 Å². The van der Waals surface area contributed by atoms with Crippen LogP contribution in [0.15, 0.2) is 60.1 Å². The maximum Gasteiger partial charge on any atom is 0.226 e. The van der Waals surface area contributed by atoms with Crippen molar-refractivity contribution in [2.24, 2.45) is 0 Å². The summed E-state index contributed by atoms with van der Waals surface area (Å²) in [5.74, 6) is 1.53. The fourth-order valence-corrected chi connectivity index (χ4v) is 3.92. The SMILES string of the molecule is Cc1cccc(-c2nc3n(n2)C(c2ccncc2)C2=C(CCCC2=O)N3)c1. The van der Waals surface area contributed by atoms with Gasteiger partial charge in [0.2, 0.25) is 5.95 Å². The number of benzene rings is 1. The lowest BCUT2D eigenvalue weighted by Crippen LogP contribution is -2.31. The van der Waals surface area contributed by atoms with Crippen molar-refractivity contribution >= 4 is 11.7 Å². The zero-order chi connectivity index (χ0) is 18.4. The molecule has 0 amide bonds. The molecule has 0 radical (unpaired) electrons. The molecule has 134 valence electrons. The molecule has 1 atom stereocenters. The molecule has 1 N–H and O–H groups in total. The van der Waals surface area contributed by atoms with Crippen molar-refractivity contribution in [3.8, 4) is 11.4 Å². The smallest absolute Gasteiger partial charge is 0.226 e. The minimum absolute atomic E-state index is 0.184. The first-order chi connectivity index (χ1) is 13.2. The fourth-order valence-electron chi connectivity index (χ4n) is 3.92. The van der Waals surface area contributed by atoms with Crippen molar-refractivity contribution in [2.45, 2.75) is 32.2 Å². The molecule has 2 aliphatic rings. The van der Waals surface area contributed by atoms with E-state index in [-0.39, 0.29) is 11.8 Å². The number of Topliss-reactive ketones (excluding diaryl/α,β-unsaturated/α-hetero) is 1. The van der Waals surface area contributed by atoms with Gasteiger partial charge in [0.15, 0.2) is 11.6 Å². The Hall–Kier alpha value is -3.28. The number of pyridine rings is 1. The van der Waals surface area contributed by atoms with Gasteiger partial charge in [-0.2, -0.15) is 4.98 Å². The lowest BCUT2D eigenvalue weighted by molar-refractivity contribution is -0.116. The summed E-state index contributed by atoms with van der Waals surface area (Å²) in [7, 11) is 0. The summed E-state index contributed by atoms with van der Waals surface area (Å²) in [6, 6.07) is 11.8. The van der Waals surface area contributed by atoms with E-state index in [9.17, 15) is 4.79 Å². The Morgan fingerprint density at radius 1 is 1.15 bits per heavy atom. The number of anilines is 1. The van der Waals surface area contributed by atoms with Gasteiger partial charge in [-0.25, -0.2) is 4.68 Å². The van der Waals surface area contributed by atoms with Crippen LogP contribution in [0.25, 0.3) is 11.4 Å². The van der Waals surface area contributed by atoms with Crippen LogP contribution in [0.2, 0.25) is 0 Å². The second-order valence-corrected chi connectivity index (χ2v) is 7.05. The molecule has 0 spiro atoms. The number of rotatable bonds is 2. The molecule has 5 rings (SSSR count). The number of hydrogen-bond acceptors (Lipinski definition) is 5. The molecule has 1 aliphatic heterocycles. The van der Waals surface area contributed by atoms with Crippen molar-refractivity contribution < 1.29 is 4.79 Å². The summed E-state index contributed by atoms with van der Waals surface area (Å²) in [4.78, 5) is 21.6. The number of ketones is 1. The van der Waals surface area contributed by atoms with Crippen LogP contribution in [0.1, 0.15) is 36.4 Å². The van der Waals surface area contributed by atoms with Crippen LogP contribution in [-0.2, 0) is 4.79 Å². The van der Waals surface area contributed by atoms with Crippen LogP contribution in [0.4, 0.5) is 5.95 Å². The van der Waals surface area contributed by atoms with Crippen molar-refractivity contribution in [1.82, 2.24) is 19.7 Å². The van der Waals surface area contributed by atoms with E-state index in [1.807, 2.05) is 28.9 Å². The highest BCUT2D eigenvalue weighted by molar-refractivity contribution is 5.99. The zero-order valence-corrected chi connectivity index (χ0v) is 15.0. The van der Waals surface area contributed by atoms with Crippen molar-refractivity contribution in [3.63, 3.8) is 0 Å². The van der Waals surface area contributed by atoms with Crippen LogP contribution in [0.5, 0.6) is 0 Å². The molecule has 6 nitrogen and oxygen atoms in total. The molecule has 3 heterocycles. The van der Waals surface area contributed by atoms with Crippen LogP contribution in [-0.4, -0.2) is 25.5 Å². The number of fused-ring (bicyclic) bond motifs is 1. The number of nitrogens with one attached hydrogen (secondary N) is 1. The second-order valence-electron chi connectivity index (χ2n) is 7.05. The number of aromatic nitrogens is 4. The Morgan fingerprint density at radius 3 is 2.81 bits per heavy atom. The van der Waals surface area contributed by atoms with E-state index in [1.165, 1.54) is 0 Å². The van der Waals surface area contributed by atoms with Gasteiger partial charge in [-0.15, -0.1) is 5.10 Å². The molecule has 1 unspecified atom stereocenters. The van der Waals surface area contributed by atoms with E-state index >= 15 is 0 Å². The van der Waals surface area contributed by atoms with E-state index in [2.05, 4.69) is 29.4 Å². The minimum atomic E-state index is -0.266. The first kappa shape index (κ1) is 15.9. The molecule has 0 saturated carbocycles. The van der Waals surface area contributed by atoms with Crippen LogP contribution in [0, 0.1) is 6.92 Å². The average molecular weight is 357 g/mol. The molecule has 3 aromatic rings. The highest BCUT2D eigenvalue weighted by Crippen LogP contribution is 2.40. The predicted molar refractivity (Wildman–Crippen MR) is 102 cm³/mol. The van der Waals surface area contributed by atoms with Gasteiger partial charge in [-0.05, 0) is 43.5 Å². The van der Waals surface area contributed by atoms with Gasteiger partial charge in [0, 0.05) is 35.6 Å². The Kier molecular flexibility index (Phi) is 3.63. The molecule has 6 heteroatoms. The van der Waals surface area contributed by atoms with Crippen molar-refractivity contribution in [1.29, 1.82) is 0 Å². The highest BCUT2D eigenvalue weighted by Gasteiger charge is 2.36. The minimum Gasteiger partial charge on any atom is -0.328 e. The number of carbonyl (C=O) groups excluding carboxylic acids is 1. The Morgan fingerprint density at radius 2 is 2.00 bits per heavy atom. The maximum atomic E-state index is 12.8. The number of hydrogen-bond donors (Lipinski definition) is 1. The van der Waals surface area contributed by atoms with Gasteiger partial charge < -0.3 is 5.32 Å². The molecule has 0 saturated heterocycles. The Bertz CT molecular complexity index is 1070. The molecular formula is C21H19N5O. The zero-order valence-electron chi connectivity index (χ0n) is 15.0. The monoisotopic (exact) mass is 357 g/mol. The summed E-state index contributed by atoms with van der Waals surface area (Å²) >= 11 is 0. The third-order valence-corrected chi connectivity index (χ3v) is 5.17. The van der Waals surface area contributed by atoms with Gasteiger partial charge in [0.1, 0.15) is 6.04 Å². The standard InChI is InChI=1S/C21H19N5O/c1-13-4-2-5-15(12-13)20-24-21-23-16-6-3-7-17(27)18(16)19(26(21)25-20)14-8-10-22-11-9-14/h2,4-5,8-12,19H,3,6-7H2,1H3,(H,23,24,25). The number of carbonyl (C=O) groups is 1. The highest BCUT2D eigenvalue weighted by atomic mass is 16.1. The Balaban J connectivity index is 1.68. The van der Waals surface area contributed by atoms with E-state index in [4.69, 9.17) is 10.1 Å². The second kappa shape index (κ2) is 6.16. The first-order valence-corrected chi connectivity index (χ1v) is 9.17. The summed E-state index contributed by atoms with van der Waals surface area (Å²) in [5.41, 5.74) is 4.91. The average Bonchev–Trinajstić information content (AvgIpc) is 3.11. The van der Waals surface area contributed by atoms with Crippen LogP contribution in [0.3, 0.4) is 0 Å². The lowest BCUT2D eigenvalue weighted by Gasteiger charge is -2.32. The fraction of sp³-hybridized carbons (Fsp3) is 0.238. The molecule has 27 heavy (non-hydrogen) atoms. The van der Waals surface area contributed by atoms with E-state index in [0.717, 1.165) is 40.8 Å². The third kappa shape index (κ3) is 2.65. The van der Waals surface area contributed by atoms with Gasteiger partial charge in [-0.3, -0.25) is 9.78 Å². The van der Waals surface area contributed by atoms with Gasteiger partial charge in [0.05, 0.1) is 0 Å². The number of nitrogens with zero attached hydrogens (tertiary/aromatic N) is 4. The molecule has 1 aliphatic carbocycles. The normalized spacial score (nSPS) is 18.7. The van der Waals surface area contributed by atoms with Crippen molar-refractivity contribution in [3.05, 3.63) is 71.2 Å².